The van der Waals surface area contributed by atoms with Crippen molar-refractivity contribution in [1.29, 1.82) is 0 Å². The smallest absolute Gasteiger partial charge is 0.223 e. The van der Waals surface area contributed by atoms with Gasteiger partial charge in [-0.1, -0.05) is 6.92 Å². The molecule has 1 aliphatic rings. The van der Waals surface area contributed by atoms with Gasteiger partial charge >= 0.3 is 0 Å². The summed E-state index contributed by atoms with van der Waals surface area (Å²) in [6.07, 6.45) is 4.65. The molecule has 5 heteroatoms. The van der Waals surface area contributed by atoms with Crippen molar-refractivity contribution >= 4 is 15.7 Å². The highest BCUT2D eigenvalue weighted by molar-refractivity contribution is 7.90. The summed E-state index contributed by atoms with van der Waals surface area (Å²) in [7, 11) is -3.03. The van der Waals surface area contributed by atoms with Crippen LogP contribution < -0.4 is 0 Å². The second-order valence-corrected chi connectivity index (χ2v) is 6.92. The van der Waals surface area contributed by atoms with Crippen LogP contribution in [0.4, 0.5) is 0 Å². The molecule has 1 amide bonds. The van der Waals surface area contributed by atoms with Gasteiger partial charge < -0.3 is 4.90 Å². The van der Waals surface area contributed by atoms with Gasteiger partial charge in [-0.15, -0.1) is 0 Å². The van der Waals surface area contributed by atoms with Crippen LogP contribution in [0, 0.1) is 5.92 Å². The zero-order valence-corrected chi connectivity index (χ0v) is 10.9. The fraction of sp³-hybridized carbons (Fsp3) is 0.909. The SMILES string of the molecule is CCCN(CC1CC1)C(=O)CCS(C)(=O)=O. The van der Waals surface area contributed by atoms with Gasteiger partial charge in [0, 0.05) is 25.8 Å². The maximum absolute atomic E-state index is 11.8. The molecule has 0 radical (unpaired) electrons. The molecule has 0 bridgehead atoms. The molecule has 1 rings (SSSR count). The number of sulfone groups is 1. The van der Waals surface area contributed by atoms with E-state index in [1.165, 1.54) is 19.1 Å². The van der Waals surface area contributed by atoms with Crippen LogP contribution in [0.15, 0.2) is 0 Å². The number of hydrogen-bond acceptors (Lipinski definition) is 3. The number of rotatable bonds is 7. The highest BCUT2D eigenvalue weighted by atomic mass is 32.2. The number of hydrogen-bond donors (Lipinski definition) is 0. The van der Waals surface area contributed by atoms with Crippen molar-refractivity contribution in [2.75, 3.05) is 25.1 Å². The maximum atomic E-state index is 11.8. The molecule has 1 fully saturated rings. The van der Waals surface area contributed by atoms with Crippen molar-refractivity contribution < 1.29 is 13.2 Å². The van der Waals surface area contributed by atoms with Crippen molar-refractivity contribution in [2.45, 2.75) is 32.6 Å². The summed E-state index contributed by atoms with van der Waals surface area (Å²) >= 11 is 0. The minimum Gasteiger partial charge on any atom is -0.342 e. The Morgan fingerprint density at radius 2 is 2.00 bits per heavy atom. The normalized spacial score (nSPS) is 16.1. The van der Waals surface area contributed by atoms with Crippen LogP contribution in [0.3, 0.4) is 0 Å². The van der Waals surface area contributed by atoms with Gasteiger partial charge in [0.25, 0.3) is 0 Å². The lowest BCUT2D eigenvalue weighted by Crippen LogP contribution is -2.34. The van der Waals surface area contributed by atoms with E-state index >= 15 is 0 Å². The molecule has 0 aromatic carbocycles. The highest BCUT2D eigenvalue weighted by Gasteiger charge is 2.26. The molecule has 16 heavy (non-hydrogen) atoms. The van der Waals surface area contributed by atoms with E-state index in [1.807, 2.05) is 11.8 Å². The molecule has 0 atom stereocenters. The van der Waals surface area contributed by atoms with E-state index in [0.29, 0.717) is 5.92 Å². The first kappa shape index (κ1) is 13.5. The van der Waals surface area contributed by atoms with Gasteiger partial charge in [-0.05, 0) is 25.2 Å². The van der Waals surface area contributed by atoms with Crippen LogP contribution in [0.1, 0.15) is 32.6 Å². The average Bonchev–Trinajstić information content (AvgIpc) is 2.96. The Morgan fingerprint density at radius 1 is 1.38 bits per heavy atom. The van der Waals surface area contributed by atoms with Crippen LogP contribution in [0.5, 0.6) is 0 Å². The molecule has 0 heterocycles. The summed E-state index contributed by atoms with van der Waals surface area (Å²) in [6, 6.07) is 0. The predicted octanol–water partition coefficient (Wildman–Crippen LogP) is 1.07. The van der Waals surface area contributed by atoms with Gasteiger partial charge in [-0.25, -0.2) is 8.42 Å². The average molecular weight is 247 g/mol. The quantitative estimate of drug-likeness (QED) is 0.676. The third-order valence-electron chi connectivity index (χ3n) is 2.71. The molecule has 4 nitrogen and oxygen atoms in total. The summed E-state index contributed by atoms with van der Waals surface area (Å²) < 4.78 is 22.0. The molecule has 1 aliphatic carbocycles. The topological polar surface area (TPSA) is 54.5 Å². The second kappa shape index (κ2) is 5.66. The molecule has 0 aromatic heterocycles. The number of carbonyl (C=O) groups excluding carboxylic acids is 1. The monoisotopic (exact) mass is 247 g/mol. The van der Waals surface area contributed by atoms with Crippen LogP contribution in [-0.4, -0.2) is 44.3 Å². The van der Waals surface area contributed by atoms with E-state index < -0.39 is 9.84 Å². The van der Waals surface area contributed by atoms with Crippen LogP contribution >= 0.6 is 0 Å². The molecule has 0 unspecified atom stereocenters. The third-order valence-corrected chi connectivity index (χ3v) is 3.65. The zero-order valence-electron chi connectivity index (χ0n) is 10.1. The predicted molar refractivity (Wildman–Crippen MR) is 63.9 cm³/mol. The summed E-state index contributed by atoms with van der Waals surface area (Å²) in [6.45, 7) is 3.60. The van der Waals surface area contributed by atoms with E-state index in [4.69, 9.17) is 0 Å². The van der Waals surface area contributed by atoms with Crippen molar-refractivity contribution in [3.63, 3.8) is 0 Å². The van der Waals surface area contributed by atoms with Gasteiger partial charge in [-0.3, -0.25) is 4.79 Å². The second-order valence-electron chi connectivity index (χ2n) is 4.66. The first-order valence-electron chi connectivity index (χ1n) is 5.88. The van der Waals surface area contributed by atoms with Crippen molar-refractivity contribution in [1.82, 2.24) is 4.90 Å². The van der Waals surface area contributed by atoms with Gasteiger partial charge in [0.2, 0.25) is 5.91 Å². The Labute approximate surface area is 97.9 Å². The van der Waals surface area contributed by atoms with Gasteiger partial charge in [-0.2, -0.15) is 0 Å². The highest BCUT2D eigenvalue weighted by Crippen LogP contribution is 2.29. The molecule has 0 saturated heterocycles. The molecule has 1 saturated carbocycles. The van der Waals surface area contributed by atoms with Crippen LogP contribution in [-0.2, 0) is 14.6 Å². The Kier molecular flexibility index (Phi) is 4.77. The number of amides is 1. The van der Waals surface area contributed by atoms with E-state index in [2.05, 4.69) is 0 Å². The van der Waals surface area contributed by atoms with E-state index in [9.17, 15) is 13.2 Å². The Morgan fingerprint density at radius 3 is 2.44 bits per heavy atom. The van der Waals surface area contributed by atoms with Crippen molar-refractivity contribution in [2.24, 2.45) is 5.92 Å². The van der Waals surface area contributed by atoms with Gasteiger partial charge in [0.15, 0.2) is 0 Å². The standard InChI is InChI=1S/C11H21NO3S/c1-3-7-12(9-10-4-5-10)11(13)6-8-16(2,14)15/h10H,3-9H2,1-2H3. The molecule has 94 valence electrons. The maximum Gasteiger partial charge on any atom is 0.223 e. The summed E-state index contributed by atoms with van der Waals surface area (Å²) in [5.41, 5.74) is 0. The van der Waals surface area contributed by atoms with Crippen LogP contribution in [0.2, 0.25) is 0 Å². The minimum absolute atomic E-state index is 0.0147. The van der Waals surface area contributed by atoms with Gasteiger partial charge in [0.1, 0.15) is 9.84 Å². The third kappa shape index (κ3) is 5.49. The molecule has 0 N–H and O–H groups in total. The van der Waals surface area contributed by atoms with E-state index in [0.717, 1.165) is 19.5 Å². The number of nitrogens with zero attached hydrogens (tertiary/aromatic N) is 1. The lowest BCUT2D eigenvalue weighted by molar-refractivity contribution is -0.131. The van der Waals surface area contributed by atoms with E-state index in [1.54, 1.807) is 0 Å². The molecular formula is C11H21NO3S. The fourth-order valence-corrected chi connectivity index (χ4v) is 2.18. The van der Waals surface area contributed by atoms with Crippen molar-refractivity contribution in [3.05, 3.63) is 0 Å². The Hall–Kier alpha value is -0.580. The summed E-state index contributed by atoms with van der Waals surface area (Å²) in [5, 5.41) is 0. The zero-order chi connectivity index (χ0) is 12.2. The summed E-state index contributed by atoms with van der Waals surface area (Å²) in [5.74, 6) is 0.615. The Bertz CT molecular complexity index is 333. The largest absolute Gasteiger partial charge is 0.342 e. The molecular weight excluding hydrogens is 226 g/mol. The first-order chi connectivity index (χ1) is 7.42. The number of carbonyl (C=O) groups is 1. The minimum atomic E-state index is -3.03. The van der Waals surface area contributed by atoms with Gasteiger partial charge in [0.05, 0.1) is 5.75 Å². The molecule has 0 aliphatic heterocycles. The summed E-state index contributed by atoms with van der Waals surface area (Å²) in [4.78, 5) is 13.6. The molecule has 0 spiro atoms. The fourth-order valence-electron chi connectivity index (χ4n) is 1.63. The van der Waals surface area contributed by atoms with E-state index in [-0.39, 0.29) is 18.1 Å². The molecule has 0 aromatic rings. The Balaban J connectivity index is 2.39. The lowest BCUT2D eigenvalue weighted by Gasteiger charge is -2.21. The van der Waals surface area contributed by atoms with Crippen LogP contribution in [0.25, 0.3) is 0 Å². The van der Waals surface area contributed by atoms with Crippen molar-refractivity contribution in [3.8, 4) is 0 Å². The lowest BCUT2D eigenvalue weighted by atomic mass is 10.3. The first-order valence-corrected chi connectivity index (χ1v) is 7.94.